The van der Waals surface area contributed by atoms with Gasteiger partial charge in [-0.1, -0.05) is 71.6 Å². The van der Waals surface area contributed by atoms with Gasteiger partial charge in [-0.3, -0.25) is 0 Å². The highest BCUT2D eigenvalue weighted by Crippen LogP contribution is 2.46. The van der Waals surface area contributed by atoms with E-state index in [1.807, 2.05) is 0 Å². The molecule has 6 atom stereocenters. The van der Waals surface area contributed by atoms with Crippen LogP contribution in [0.15, 0.2) is 0 Å². The molecule has 3 fully saturated rings. The van der Waals surface area contributed by atoms with Crippen LogP contribution in [0.5, 0.6) is 0 Å². The molecule has 0 saturated heterocycles. The Hall–Kier alpha value is 0. The van der Waals surface area contributed by atoms with E-state index in [1.165, 1.54) is 38.5 Å². The van der Waals surface area contributed by atoms with Crippen LogP contribution in [0, 0.1) is 35.5 Å². The van der Waals surface area contributed by atoms with Gasteiger partial charge in [0.05, 0.1) is 0 Å². The number of rotatable bonds is 1. The monoisotopic (exact) mass is 276 g/mol. The number of fused-ring (bicyclic) bond motifs is 1. The van der Waals surface area contributed by atoms with Gasteiger partial charge in [0.25, 0.3) is 0 Å². The summed E-state index contributed by atoms with van der Waals surface area (Å²) in [6.45, 7) is 5.15. The largest absolute Gasteiger partial charge is 0.0622 e. The van der Waals surface area contributed by atoms with Gasteiger partial charge in [-0.05, 0) is 54.8 Å². The molecule has 3 saturated carbocycles. The van der Waals surface area contributed by atoms with E-state index in [9.17, 15) is 0 Å². The third-order valence-electron chi connectivity index (χ3n) is 7.38. The lowest BCUT2D eigenvalue weighted by molar-refractivity contribution is 0.114. The van der Waals surface area contributed by atoms with Gasteiger partial charge in [0.2, 0.25) is 0 Å². The zero-order valence-electron chi connectivity index (χ0n) is 13.9. The first-order valence-corrected chi connectivity index (χ1v) is 9.75. The molecule has 0 aromatic rings. The smallest absolute Gasteiger partial charge is 0.0357 e. The van der Waals surface area contributed by atoms with Crippen LogP contribution in [0.1, 0.15) is 90.9 Å². The molecule has 3 rings (SSSR count). The van der Waals surface area contributed by atoms with E-state index in [-0.39, 0.29) is 0 Å². The summed E-state index contributed by atoms with van der Waals surface area (Å²) < 4.78 is 0. The quantitative estimate of drug-likeness (QED) is 0.516. The Kier molecular flexibility index (Phi) is 5.10. The van der Waals surface area contributed by atoms with E-state index in [4.69, 9.17) is 0 Å². The lowest BCUT2D eigenvalue weighted by atomic mass is 9.67. The highest BCUT2D eigenvalue weighted by molar-refractivity contribution is 4.86. The predicted molar refractivity (Wildman–Crippen MR) is 87.7 cm³/mol. The summed E-state index contributed by atoms with van der Waals surface area (Å²) in [5.41, 5.74) is 0. The molecule has 0 radical (unpaired) electrons. The van der Waals surface area contributed by atoms with Gasteiger partial charge in [-0.2, -0.15) is 0 Å². The van der Waals surface area contributed by atoms with Crippen LogP contribution >= 0.6 is 0 Å². The fourth-order valence-corrected chi connectivity index (χ4v) is 6.10. The molecule has 0 aliphatic heterocycles. The van der Waals surface area contributed by atoms with Crippen LogP contribution in [0.4, 0.5) is 0 Å². The Morgan fingerprint density at radius 3 is 1.65 bits per heavy atom. The molecular weight excluding hydrogens is 240 g/mol. The fourth-order valence-electron chi connectivity index (χ4n) is 6.10. The lowest BCUT2D eigenvalue weighted by Gasteiger charge is -2.39. The minimum absolute atomic E-state index is 0.999. The number of hydrogen-bond acceptors (Lipinski definition) is 0. The second-order valence-electron chi connectivity index (χ2n) is 8.53. The van der Waals surface area contributed by atoms with E-state index in [2.05, 4.69) is 13.8 Å². The van der Waals surface area contributed by atoms with Gasteiger partial charge < -0.3 is 0 Å². The molecule has 0 aromatic heterocycles. The van der Waals surface area contributed by atoms with Crippen molar-refractivity contribution in [3.8, 4) is 0 Å². The van der Waals surface area contributed by atoms with E-state index >= 15 is 0 Å². The third kappa shape index (κ3) is 3.25. The van der Waals surface area contributed by atoms with Gasteiger partial charge in [0, 0.05) is 0 Å². The average molecular weight is 277 g/mol. The topological polar surface area (TPSA) is 0 Å². The number of hydrogen-bond donors (Lipinski definition) is 0. The minimum Gasteiger partial charge on any atom is -0.0622 e. The molecule has 3 aliphatic rings. The summed E-state index contributed by atoms with van der Waals surface area (Å²) in [4.78, 5) is 0. The van der Waals surface area contributed by atoms with Gasteiger partial charge in [0.1, 0.15) is 0 Å². The SMILES string of the molecule is CC1CCCCC1C1CCC2CCCC2CCCC1C. The summed E-state index contributed by atoms with van der Waals surface area (Å²) >= 11 is 0. The standard InChI is InChI=1S/C20H36/c1-15-7-3-4-12-19(15)20-14-13-18-11-6-10-17(18)9-5-8-16(20)2/h15-20H,3-14H2,1-2H3. The molecule has 6 unspecified atom stereocenters. The molecule has 0 spiro atoms. The Morgan fingerprint density at radius 1 is 0.450 bits per heavy atom. The van der Waals surface area contributed by atoms with Gasteiger partial charge in [-0.15, -0.1) is 0 Å². The summed E-state index contributed by atoms with van der Waals surface area (Å²) in [5.74, 6) is 6.36. The molecule has 0 nitrogen and oxygen atoms in total. The molecule has 0 heterocycles. The van der Waals surface area contributed by atoms with Crippen molar-refractivity contribution < 1.29 is 0 Å². The second kappa shape index (κ2) is 6.84. The lowest BCUT2D eigenvalue weighted by Crippen LogP contribution is -2.29. The molecule has 0 heteroatoms. The third-order valence-corrected chi connectivity index (χ3v) is 7.38. The van der Waals surface area contributed by atoms with Crippen molar-refractivity contribution in [2.75, 3.05) is 0 Å². The molecule has 3 aliphatic carbocycles. The van der Waals surface area contributed by atoms with Crippen molar-refractivity contribution in [2.45, 2.75) is 90.9 Å². The molecular formula is C20H36. The molecule has 0 amide bonds. The van der Waals surface area contributed by atoms with Crippen molar-refractivity contribution in [3.05, 3.63) is 0 Å². The zero-order valence-corrected chi connectivity index (χ0v) is 13.9. The molecule has 116 valence electrons. The fraction of sp³-hybridized carbons (Fsp3) is 1.00. The van der Waals surface area contributed by atoms with Crippen molar-refractivity contribution >= 4 is 0 Å². The van der Waals surface area contributed by atoms with Crippen molar-refractivity contribution in [1.29, 1.82) is 0 Å². The summed E-state index contributed by atoms with van der Waals surface area (Å²) in [6, 6.07) is 0. The maximum atomic E-state index is 2.59. The van der Waals surface area contributed by atoms with E-state index in [1.54, 1.807) is 38.5 Å². The van der Waals surface area contributed by atoms with Crippen LogP contribution in [0.25, 0.3) is 0 Å². The summed E-state index contributed by atoms with van der Waals surface area (Å²) in [6.07, 6.45) is 18.5. The molecule has 0 N–H and O–H groups in total. The predicted octanol–water partition coefficient (Wildman–Crippen LogP) is 6.45. The van der Waals surface area contributed by atoms with Crippen LogP contribution in [-0.2, 0) is 0 Å². The maximum absolute atomic E-state index is 2.59. The van der Waals surface area contributed by atoms with E-state index in [0.717, 1.165) is 35.5 Å². The maximum Gasteiger partial charge on any atom is -0.0357 e. The van der Waals surface area contributed by atoms with Crippen LogP contribution < -0.4 is 0 Å². The molecule has 0 bridgehead atoms. The van der Waals surface area contributed by atoms with E-state index in [0.29, 0.717) is 0 Å². The average Bonchev–Trinajstić information content (AvgIpc) is 2.89. The first-order valence-electron chi connectivity index (χ1n) is 9.75. The molecule has 20 heavy (non-hydrogen) atoms. The highest BCUT2D eigenvalue weighted by Gasteiger charge is 2.35. The van der Waals surface area contributed by atoms with Gasteiger partial charge >= 0.3 is 0 Å². The van der Waals surface area contributed by atoms with Crippen molar-refractivity contribution in [1.82, 2.24) is 0 Å². The van der Waals surface area contributed by atoms with Gasteiger partial charge in [-0.25, -0.2) is 0 Å². The summed E-state index contributed by atoms with van der Waals surface area (Å²) in [7, 11) is 0. The van der Waals surface area contributed by atoms with Crippen LogP contribution in [-0.4, -0.2) is 0 Å². The normalized spacial score (nSPS) is 47.1. The van der Waals surface area contributed by atoms with Crippen molar-refractivity contribution in [2.24, 2.45) is 35.5 Å². The Bertz CT molecular complexity index is 294. The Balaban J connectivity index is 1.67. The van der Waals surface area contributed by atoms with Gasteiger partial charge in [0.15, 0.2) is 0 Å². The highest BCUT2D eigenvalue weighted by atomic mass is 14.4. The minimum atomic E-state index is 0.999. The Labute approximate surface area is 127 Å². The van der Waals surface area contributed by atoms with E-state index < -0.39 is 0 Å². The first-order chi connectivity index (χ1) is 9.75. The summed E-state index contributed by atoms with van der Waals surface area (Å²) in [5, 5.41) is 0. The van der Waals surface area contributed by atoms with Crippen LogP contribution in [0.3, 0.4) is 0 Å². The first kappa shape index (κ1) is 14.9. The molecule has 0 aromatic carbocycles. The zero-order chi connectivity index (χ0) is 13.9. The Morgan fingerprint density at radius 2 is 0.950 bits per heavy atom. The second-order valence-corrected chi connectivity index (χ2v) is 8.53. The van der Waals surface area contributed by atoms with Crippen molar-refractivity contribution in [3.63, 3.8) is 0 Å². The van der Waals surface area contributed by atoms with Crippen LogP contribution in [0.2, 0.25) is 0 Å².